The van der Waals surface area contributed by atoms with Crippen molar-refractivity contribution in [3.8, 4) is 0 Å². The second-order valence-electron chi connectivity index (χ2n) is 6.05. The minimum atomic E-state index is -4.36. The first kappa shape index (κ1) is 19.0. The van der Waals surface area contributed by atoms with Crippen LogP contribution in [0.25, 0.3) is 0 Å². The van der Waals surface area contributed by atoms with Crippen molar-refractivity contribution in [2.75, 3.05) is 46.3 Å². The van der Waals surface area contributed by atoms with Gasteiger partial charge < -0.3 is 4.90 Å². The molecule has 134 valence electrons. The van der Waals surface area contributed by atoms with Crippen LogP contribution < -0.4 is 0 Å². The molecule has 0 radical (unpaired) electrons. The van der Waals surface area contributed by atoms with Gasteiger partial charge in [0.2, 0.25) is 5.91 Å². The van der Waals surface area contributed by atoms with E-state index < -0.39 is 18.6 Å². The SMILES string of the molecule is CN(CC(F)(F)F)C(=O)CN1CCN(Cc2cccc(Cl)c2)CC1. The lowest BCUT2D eigenvalue weighted by Crippen LogP contribution is -2.50. The molecule has 0 saturated carbocycles. The van der Waals surface area contributed by atoms with Crippen molar-refractivity contribution in [1.82, 2.24) is 14.7 Å². The zero-order valence-electron chi connectivity index (χ0n) is 13.5. The van der Waals surface area contributed by atoms with Gasteiger partial charge in [-0.2, -0.15) is 13.2 Å². The zero-order valence-corrected chi connectivity index (χ0v) is 14.3. The van der Waals surface area contributed by atoms with Crippen molar-refractivity contribution in [2.24, 2.45) is 0 Å². The number of rotatable bonds is 5. The number of benzene rings is 1. The van der Waals surface area contributed by atoms with Gasteiger partial charge in [-0.15, -0.1) is 0 Å². The molecular formula is C16H21ClF3N3O. The summed E-state index contributed by atoms with van der Waals surface area (Å²) < 4.78 is 36.9. The highest BCUT2D eigenvalue weighted by Gasteiger charge is 2.31. The lowest BCUT2D eigenvalue weighted by Gasteiger charge is -2.35. The molecule has 1 amide bonds. The maximum atomic E-state index is 12.3. The Bertz CT molecular complexity index is 560. The van der Waals surface area contributed by atoms with Crippen LogP contribution in [0.4, 0.5) is 13.2 Å². The van der Waals surface area contributed by atoms with Crippen LogP contribution >= 0.6 is 11.6 Å². The number of amides is 1. The van der Waals surface area contributed by atoms with Crippen LogP contribution in [0.3, 0.4) is 0 Å². The highest BCUT2D eigenvalue weighted by atomic mass is 35.5. The van der Waals surface area contributed by atoms with Crippen molar-refractivity contribution in [3.63, 3.8) is 0 Å². The van der Waals surface area contributed by atoms with Crippen LogP contribution in [0.1, 0.15) is 5.56 Å². The second-order valence-corrected chi connectivity index (χ2v) is 6.48. The Morgan fingerprint density at radius 2 is 1.83 bits per heavy atom. The minimum absolute atomic E-state index is 0.0254. The zero-order chi connectivity index (χ0) is 17.7. The fourth-order valence-corrected chi connectivity index (χ4v) is 2.88. The summed E-state index contributed by atoms with van der Waals surface area (Å²) in [6, 6.07) is 7.66. The van der Waals surface area contributed by atoms with Crippen molar-refractivity contribution in [2.45, 2.75) is 12.7 Å². The van der Waals surface area contributed by atoms with Crippen molar-refractivity contribution in [3.05, 3.63) is 34.9 Å². The molecule has 0 atom stereocenters. The summed E-state index contributed by atoms with van der Waals surface area (Å²) in [7, 11) is 1.19. The van der Waals surface area contributed by atoms with Gasteiger partial charge >= 0.3 is 6.18 Å². The number of nitrogens with zero attached hydrogens (tertiary/aromatic N) is 3. The Kier molecular flexibility index (Phi) is 6.48. The summed E-state index contributed by atoms with van der Waals surface area (Å²) in [5, 5.41) is 0.699. The molecule has 0 unspecified atom stereocenters. The fraction of sp³-hybridized carbons (Fsp3) is 0.562. The number of piperazine rings is 1. The monoisotopic (exact) mass is 363 g/mol. The van der Waals surface area contributed by atoms with E-state index in [-0.39, 0.29) is 6.54 Å². The predicted molar refractivity (Wildman–Crippen MR) is 86.9 cm³/mol. The molecule has 1 aliphatic rings. The number of alkyl halides is 3. The van der Waals surface area contributed by atoms with Crippen molar-refractivity contribution < 1.29 is 18.0 Å². The van der Waals surface area contributed by atoms with E-state index in [1.807, 2.05) is 29.2 Å². The molecule has 4 nitrogen and oxygen atoms in total. The van der Waals surface area contributed by atoms with E-state index >= 15 is 0 Å². The number of carbonyl (C=O) groups is 1. The van der Waals surface area contributed by atoms with Crippen molar-refractivity contribution in [1.29, 1.82) is 0 Å². The van der Waals surface area contributed by atoms with Gasteiger partial charge in [0.25, 0.3) is 0 Å². The summed E-state index contributed by atoms with van der Waals surface area (Å²) >= 11 is 5.97. The van der Waals surface area contributed by atoms with Crippen LogP contribution in [0.5, 0.6) is 0 Å². The standard InChI is InChI=1S/C16H21ClF3N3O/c1-21(12-16(18,19)20)15(24)11-23-7-5-22(6-8-23)10-13-3-2-4-14(17)9-13/h2-4,9H,5-8,10-12H2,1H3. The molecule has 0 bridgehead atoms. The van der Waals surface area contributed by atoms with Gasteiger partial charge in [-0.25, -0.2) is 0 Å². The average Bonchev–Trinajstić information content (AvgIpc) is 2.47. The fourth-order valence-electron chi connectivity index (χ4n) is 2.67. The predicted octanol–water partition coefficient (Wildman–Crippen LogP) is 2.48. The largest absolute Gasteiger partial charge is 0.406 e. The molecule has 0 spiro atoms. The van der Waals surface area contributed by atoms with Crippen LogP contribution in [0.2, 0.25) is 5.02 Å². The van der Waals surface area contributed by atoms with Crippen LogP contribution in [0, 0.1) is 0 Å². The minimum Gasteiger partial charge on any atom is -0.336 e. The maximum absolute atomic E-state index is 12.3. The van der Waals surface area contributed by atoms with E-state index in [1.54, 1.807) is 0 Å². The first-order valence-electron chi connectivity index (χ1n) is 7.73. The molecule has 2 rings (SSSR count). The highest BCUT2D eigenvalue weighted by Crippen LogP contribution is 2.16. The van der Waals surface area contributed by atoms with Gasteiger partial charge in [0, 0.05) is 44.8 Å². The molecule has 0 aromatic heterocycles. The Morgan fingerprint density at radius 3 is 2.42 bits per heavy atom. The van der Waals surface area contributed by atoms with Gasteiger partial charge in [-0.3, -0.25) is 14.6 Å². The Labute approximate surface area is 144 Å². The molecule has 0 aliphatic carbocycles. The van der Waals surface area contributed by atoms with Gasteiger partial charge in [-0.05, 0) is 17.7 Å². The quantitative estimate of drug-likeness (QED) is 0.804. The third-order valence-corrected chi connectivity index (χ3v) is 4.20. The van der Waals surface area contributed by atoms with Gasteiger partial charge in [0.1, 0.15) is 6.54 Å². The van der Waals surface area contributed by atoms with Crippen molar-refractivity contribution >= 4 is 17.5 Å². The van der Waals surface area contributed by atoms with Crippen LogP contribution in [0.15, 0.2) is 24.3 Å². The normalized spacial score (nSPS) is 17.0. The Morgan fingerprint density at radius 1 is 1.21 bits per heavy atom. The molecule has 8 heteroatoms. The summed E-state index contributed by atoms with van der Waals surface area (Å²) in [5.41, 5.74) is 1.12. The Balaban J connectivity index is 1.75. The van der Waals surface area contributed by atoms with Crippen LogP contribution in [-0.2, 0) is 11.3 Å². The smallest absolute Gasteiger partial charge is 0.336 e. The second kappa shape index (κ2) is 8.18. The van der Waals surface area contributed by atoms with Gasteiger partial charge in [0.15, 0.2) is 0 Å². The summed E-state index contributed by atoms with van der Waals surface area (Å²) in [6.07, 6.45) is -4.36. The number of hydrogen-bond donors (Lipinski definition) is 0. The molecule has 1 aromatic carbocycles. The molecule has 0 N–H and O–H groups in total. The topological polar surface area (TPSA) is 26.8 Å². The van der Waals surface area contributed by atoms with E-state index in [1.165, 1.54) is 7.05 Å². The summed E-state index contributed by atoms with van der Waals surface area (Å²) in [4.78, 5) is 16.7. The summed E-state index contributed by atoms with van der Waals surface area (Å²) in [6.45, 7) is 2.44. The lowest BCUT2D eigenvalue weighted by atomic mass is 10.2. The summed E-state index contributed by atoms with van der Waals surface area (Å²) in [5.74, 6) is -0.504. The molecule has 1 saturated heterocycles. The molecule has 24 heavy (non-hydrogen) atoms. The molecule has 1 fully saturated rings. The first-order valence-corrected chi connectivity index (χ1v) is 8.10. The maximum Gasteiger partial charge on any atom is 0.406 e. The molecule has 1 aliphatic heterocycles. The van der Waals surface area contributed by atoms with E-state index in [2.05, 4.69) is 4.90 Å². The third kappa shape index (κ3) is 6.30. The molecule has 1 heterocycles. The third-order valence-electron chi connectivity index (χ3n) is 3.96. The van der Waals surface area contributed by atoms with E-state index in [4.69, 9.17) is 11.6 Å². The highest BCUT2D eigenvalue weighted by molar-refractivity contribution is 6.30. The number of likely N-dealkylation sites (N-methyl/N-ethyl adjacent to an activating group) is 1. The molecule has 1 aromatic rings. The van der Waals surface area contributed by atoms with E-state index in [0.717, 1.165) is 30.1 Å². The van der Waals surface area contributed by atoms with E-state index in [9.17, 15) is 18.0 Å². The van der Waals surface area contributed by atoms with Gasteiger partial charge in [-0.1, -0.05) is 23.7 Å². The Hall–Kier alpha value is -1.31. The van der Waals surface area contributed by atoms with Gasteiger partial charge in [0.05, 0.1) is 6.54 Å². The average molecular weight is 364 g/mol. The first-order chi connectivity index (χ1) is 11.2. The van der Waals surface area contributed by atoms with E-state index in [0.29, 0.717) is 18.1 Å². The number of hydrogen-bond acceptors (Lipinski definition) is 3. The number of halogens is 4. The lowest BCUT2D eigenvalue weighted by molar-refractivity contribution is -0.159. The molecular weight excluding hydrogens is 343 g/mol. The van der Waals surface area contributed by atoms with Crippen LogP contribution in [-0.4, -0.2) is 73.1 Å². The number of carbonyl (C=O) groups excluding carboxylic acids is 1.